The topological polar surface area (TPSA) is 41.6 Å². The van der Waals surface area contributed by atoms with Crippen molar-refractivity contribution in [3.05, 3.63) is 53.5 Å². The van der Waals surface area contributed by atoms with Gasteiger partial charge in [0.05, 0.1) is 25.9 Å². The Morgan fingerprint density at radius 3 is 2.72 bits per heavy atom. The molecule has 2 heterocycles. The first-order chi connectivity index (χ1) is 12.1. The Morgan fingerprint density at radius 2 is 2.00 bits per heavy atom. The van der Waals surface area contributed by atoms with E-state index in [2.05, 4.69) is 48.7 Å². The summed E-state index contributed by atoms with van der Waals surface area (Å²) in [4.78, 5) is 1.59. The number of nitrogens with one attached hydrogen (secondary N) is 3. The van der Waals surface area contributed by atoms with Crippen LogP contribution in [0, 0.1) is 13.8 Å². The standard InChI is InChI=1S/C20H27N3OS/c1-15-8-9-16(2)17(13-15)22-20(25)21-14-18(19-7-6-12-24-19)23-10-4-3-5-11-23/h6-9,12-13,18H,3-5,10-11,14H2,1-2H3,(H2,21,22,25)/p+1/t18-/m0/s1. The third-order valence-electron chi connectivity index (χ3n) is 4.98. The Labute approximate surface area is 155 Å². The number of piperidine rings is 1. The zero-order valence-corrected chi connectivity index (χ0v) is 15.9. The fourth-order valence-electron chi connectivity index (χ4n) is 3.52. The molecule has 5 heteroatoms. The number of thiocarbonyl (C=S) groups is 1. The minimum Gasteiger partial charge on any atom is -0.463 e. The van der Waals surface area contributed by atoms with Crippen molar-refractivity contribution in [1.82, 2.24) is 5.32 Å². The van der Waals surface area contributed by atoms with Crippen molar-refractivity contribution in [2.75, 3.05) is 25.0 Å². The van der Waals surface area contributed by atoms with Crippen LogP contribution in [-0.4, -0.2) is 24.7 Å². The van der Waals surface area contributed by atoms with Gasteiger partial charge in [0, 0.05) is 5.69 Å². The van der Waals surface area contributed by atoms with E-state index in [0.29, 0.717) is 11.2 Å². The van der Waals surface area contributed by atoms with Gasteiger partial charge in [0.25, 0.3) is 0 Å². The van der Waals surface area contributed by atoms with Crippen molar-refractivity contribution >= 4 is 23.0 Å². The van der Waals surface area contributed by atoms with Crippen molar-refractivity contribution in [1.29, 1.82) is 0 Å². The number of rotatable bonds is 5. The van der Waals surface area contributed by atoms with Gasteiger partial charge in [-0.1, -0.05) is 12.1 Å². The smallest absolute Gasteiger partial charge is 0.171 e. The van der Waals surface area contributed by atoms with Crippen molar-refractivity contribution in [2.24, 2.45) is 0 Å². The van der Waals surface area contributed by atoms with Gasteiger partial charge in [-0.3, -0.25) is 0 Å². The highest BCUT2D eigenvalue weighted by atomic mass is 32.1. The first-order valence-corrected chi connectivity index (χ1v) is 9.54. The summed E-state index contributed by atoms with van der Waals surface area (Å²) in [5.41, 5.74) is 3.48. The number of hydrogen-bond donors (Lipinski definition) is 3. The molecule has 0 spiro atoms. The lowest BCUT2D eigenvalue weighted by atomic mass is 10.1. The van der Waals surface area contributed by atoms with Crippen LogP contribution in [0.2, 0.25) is 0 Å². The van der Waals surface area contributed by atoms with Crippen LogP contribution < -0.4 is 15.5 Å². The van der Waals surface area contributed by atoms with Gasteiger partial charge >= 0.3 is 0 Å². The maximum Gasteiger partial charge on any atom is 0.171 e. The van der Waals surface area contributed by atoms with E-state index in [9.17, 15) is 0 Å². The van der Waals surface area contributed by atoms with E-state index in [0.717, 1.165) is 18.0 Å². The lowest BCUT2D eigenvalue weighted by Crippen LogP contribution is -3.13. The molecule has 1 aliphatic heterocycles. The van der Waals surface area contributed by atoms with E-state index in [1.165, 1.54) is 43.5 Å². The average Bonchev–Trinajstić information content (AvgIpc) is 3.14. The number of aryl methyl sites for hydroxylation is 2. The largest absolute Gasteiger partial charge is 0.463 e. The van der Waals surface area contributed by atoms with E-state index in [-0.39, 0.29) is 0 Å². The van der Waals surface area contributed by atoms with Crippen LogP contribution in [0.25, 0.3) is 0 Å². The van der Waals surface area contributed by atoms with Crippen molar-refractivity contribution < 1.29 is 9.32 Å². The highest BCUT2D eigenvalue weighted by molar-refractivity contribution is 7.80. The number of quaternary nitrogens is 1. The molecule has 1 aliphatic rings. The molecule has 4 nitrogen and oxygen atoms in total. The predicted octanol–water partition coefficient (Wildman–Crippen LogP) is 2.99. The Kier molecular flexibility index (Phi) is 6.10. The number of likely N-dealkylation sites (tertiary alicyclic amines) is 1. The van der Waals surface area contributed by atoms with E-state index < -0.39 is 0 Å². The lowest BCUT2D eigenvalue weighted by Gasteiger charge is -2.30. The Balaban J connectivity index is 1.62. The maximum atomic E-state index is 5.71. The molecule has 134 valence electrons. The minimum atomic E-state index is 0.300. The molecule has 0 aliphatic carbocycles. The number of benzene rings is 1. The van der Waals surface area contributed by atoms with Crippen molar-refractivity contribution in [2.45, 2.75) is 39.2 Å². The second kappa shape index (κ2) is 8.50. The van der Waals surface area contributed by atoms with Crippen LogP contribution in [0.15, 0.2) is 41.0 Å². The van der Waals surface area contributed by atoms with Crippen LogP contribution in [0.5, 0.6) is 0 Å². The molecular weight excluding hydrogens is 330 g/mol. The van der Waals surface area contributed by atoms with Gasteiger partial charge in [-0.25, -0.2) is 0 Å². The molecule has 2 aromatic rings. The highest BCUT2D eigenvalue weighted by Crippen LogP contribution is 2.16. The zero-order chi connectivity index (χ0) is 17.6. The van der Waals surface area contributed by atoms with Gasteiger partial charge in [-0.15, -0.1) is 0 Å². The summed E-state index contributed by atoms with van der Waals surface area (Å²) >= 11 is 5.53. The molecular formula is C20H28N3OS+. The van der Waals surface area contributed by atoms with Gasteiger partial charge in [0.1, 0.15) is 0 Å². The summed E-state index contributed by atoms with van der Waals surface area (Å²) in [6, 6.07) is 10.7. The Morgan fingerprint density at radius 1 is 1.20 bits per heavy atom. The summed E-state index contributed by atoms with van der Waals surface area (Å²) in [6.07, 6.45) is 5.68. The monoisotopic (exact) mass is 358 g/mol. The second-order valence-corrected chi connectivity index (χ2v) is 7.35. The summed E-state index contributed by atoms with van der Waals surface area (Å²) in [7, 11) is 0. The minimum absolute atomic E-state index is 0.300. The second-order valence-electron chi connectivity index (χ2n) is 6.94. The SMILES string of the molecule is Cc1ccc(C)c(NC(=S)NC[C@@H](c2ccco2)[NH+]2CCCCC2)c1. The van der Waals surface area contributed by atoms with E-state index >= 15 is 0 Å². The predicted molar refractivity (Wildman–Crippen MR) is 106 cm³/mol. The van der Waals surface area contributed by atoms with Crippen LogP contribution in [-0.2, 0) is 0 Å². The van der Waals surface area contributed by atoms with Crippen molar-refractivity contribution in [3.8, 4) is 0 Å². The summed E-state index contributed by atoms with van der Waals surface area (Å²) < 4.78 is 5.71. The van der Waals surface area contributed by atoms with Gasteiger partial charge in [-0.05, 0) is 74.7 Å². The highest BCUT2D eigenvalue weighted by Gasteiger charge is 2.28. The average molecular weight is 359 g/mol. The molecule has 1 aromatic heterocycles. The van der Waals surface area contributed by atoms with Gasteiger partial charge < -0.3 is 20.0 Å². The normalized spacial score (nSPS) is 16.4. The molecule has 1 fully saturated rings. The molecule has 0 saturated carbocycles. The maximum absolute atomic E-state index is 5.71. The molecule has 3 rings (SSSR count). The molecule has 0 bridgehead atoms. The van der Waals surface area contributed by atoms with Gasteiger partial charge in [0.2, 0.25) is 0 Å². The first-order valence-electron chi connectivity index (χ1n) is 9.13. The van der Waals surface area contributed by atoms with Crippen LogP contribution in [0.1, 0.15) is 42.2 Å². The van der Waals surface area contributed by atoms with Crippen LogP contribution >= 0.6 is 12.2 Å². The summed E-state index contributed by atoms with van der Waals surface area (Å²) in [5.74, 6) is 1.04. The van der Waals surface area contributed by atoms with E-state index in [1.54, 1.807) is 11.2 Å². The molecule has 1 aromatic carbocycles. The Hall–Kier alpha value is -1.85. The molecule has 1 atom stereocenters. The fraction of sp³-hybridized carbons (Fsp3) is 0.450. The molecule has 25 heavy (non-hydrogen) atoms. The number of furan rings is 1. The van der Waals surface area contributed by atoms with E-state index in [1.807, 2.05) is 6.07 Å². The van der Waals surface area contributed by atoms with Gasteiger partial charge in [0.15, 0.2) is 16.9 Å². The molecule has 3 N–H and O–H groups in total. The van der Waals surface area contributed by atoms with Crippen molar-refractivity contribution in [3.63, 3.8) is 0 Å². The third kappa shape index (κ3) is 4.83. The third-order valence-corrected chi connectivity index (χ3v) is 5.23. The molecule has 0 unspecified atom stereocenters. The Bertz CT molecular complexity index is 693. The van der Waals surface area contributed by atoms with Gasteiger partial charge in [-0.2, -0.15) is 0 Å². The number of anilines is 1. The molecule has 1 saturated heterocycles. The van der Waals surface area contributed by atoms with Crippen LogP contribution in [0.4, 0.5) is 5.69 Å². The summed E-state index contributed by atoms with van der Waals surface area (Å²) in [6.45, 7) is 7.36. The first kappa shape index (κ1) is 18.0. The van der Waals surface area contributed by atoms with E-state index in [4.69, 9.17) is 16.6 Å². The quantitative estimate of drug-likeness (QED) is 0.719. The van der Waals surface area contributed by atoms with Crippen LogP contribution in [0.3, 0.4) is 0 Å². The zero-order valence-electron chi connectivity index (χ0n) is 15.1. The lowest BCUT2D eigenvalue weighted by molar-refractivity contribution is -0.936. The number of hydrogen-bond acceptors (Lipinski definition) is 2. The summed E-state index contributed by atoms with van der Waals surface area (Å²) in [5, 5.41) is 7.41. The molecule has 0 radical (unpaired) electrons. The fourth-order valence-corrected chi connectivity index (χ4v) is 3.72. The molecule has 0 amide bonds.